The van der Waals surface area contributed by atoms with Crippen LogP contribution in [0.3, 0.4) is 0 Å². The van der Waals surface area contributed by atoms with E-state index in [2.05, 4.69) is 0 Å². The van der Waals surface area contributed by atoms with Crippen LogP contribution < -0.4 is 5.56 Å². The molecule has 0 aliphatic carbocycles. The van der Waals surface area contributed by atoms with Gasteiger partial charge in [-0.15, -0.1) is 0 Å². The molecule has 2 rings (SSSR count). The van der Waals surface area contributed by atoms with Crippen molar-refractivity contribution in [2.24, 2.45) is 0 Å². The lowest BCUT2D eigenvalue weighted by molar-refractivity contribution is -0.387. The number of nitro groups is 1. The molecule has 6 heteroatoms. The second-order valence-corrected chi connectivity index (χ2v) is 4.02. The smallest absolute Gasteiger partial charge is 0.375 e. The average molecular weight is 248 g/mol. The van der Waals surface area contributed by atoms with Crippen LogP contribution >= 0.6 is 0 Å². The van der Waals surface area contributed by atoms with Crippen molar-refractivity contribution in [1.82, 2.24) is 4.57 Å². The first-order chi connectivity index (χ1) is 8.47. The third-order valence-electron chi connectivity index (χ3n) is 2.87. The maximum absolute atomic E-state index is 11.9. The Kier molecular flexibility index (Phi) is 2.78. The van der Waals surface area contributed by atoms with E-state index in [-0.39, 0.29) is 0 Å². The minimum absolute atomic E-state index is 0.305. The van der Waals surface area contributed by atoms with Gasteiger partial charge in [0, 0.05) is 11.9 Å². The van der Waals surface area contributed by atoms with Crippen LogP contribution in [0.15, 0.2) is 23.0 Å². The van der Waals surface area contributed by atoms with Gasteiger partial charge in [-0.3, -0.25) is 14.9 Å². The fourth-order valence-corrected chi connectivity index (χ4v) is 2.02. The Bertz CT molecular complexity index is 703. The number of aromatic nitrogens is 1. The molecule has 0 radical (unpaired) electrons. The van der Waals surface area contributed by atoms with Crippen molar-refractivity contribution in [3.63, 3.8) is 0 Å². The van der Waals surface area contributed by atoms with E-state index >= 15 is 0 Å². The highest BCUT2D eigenvalue weighted by atomic mass is 16.6. The quantitative estimate of drug-likeness (QED) is 0.650. The Hall–Kier alpha value is -2.37. The molecule has 0 bridgehead atoms. The zero-order chi connectivity index (χ0) is 13.4. The van der Waals surface area contributed by atoms with Gasteiger partial charge in [-0.1, -0.05) is 11.6 Å². The summed E-state index contributed by atoms with van der Waals surface area (Å²) in [6, 6.07) is 5.10. The summed E-state index contributed by atoms with van der Waals surface area (Å²) in [6.45, 7) is 3.84. The third-order valence-corrected chi connectivity index (χ3v) is 2.87. The summed E-state index contributed by atoms with van der Waals surface area (Å²) in [5.41, 5.74) is -0.198. The number of nitrogens with zero attached hydrogens (tertiary/aromatic N) is 2. The lowest BCUT2D eigenvalue weighted by Crippen LogP contribution is -2.22. The van der Waals surface area contributed by atoms with E-state index < -0.39 is 21.9 Å². The Morgan fingerprint density at radius 1 is 1.44 bits per heavy atom. The predicted octanol–water partition coefficient (Wildman–Crippen LogP) is 1.94. The standard InChI is InChI=1S/C12H12N2O4/c1-3-13-9-5-4-7(2)6-8(9)11(15)10(12(13)16)14(17)18/h4-6,15H,3H2,1-2H3. The van der Waals surface area contributed by atoms with Gasteiger partial charge in [0.05, 0.1) is 10.4 Å². The molecule has 1 heterocycles. The molecular weight excluding hydrogens is 236 g/mol. The number of benzene rings is 1. The van der Waals surface area contributed by atoms with Crippen molar-refractivity contribution < 1.29 is 10.0 Å². The van der Waals surface area contributed by atoms with Gasteiger partial charge in [0.1, 0.15) is 0 Å². The number of pyridine rings is 1. The molecule has 2 aromatic rings. The number of rotatable bonds is 2. The molecule has 0 saturated heterocycles. The molecule has 0 saturated carbocycles. The molecule has 0 unspecified atom stereocenters. The van der Waals surface area contributed by atoms with E-state index in [1.165, 1.54) is 4.57 Å². The highest BCUT2D eigenvalue weighted by Gasteiger charge is 2.24. The second-order valence-electron chi connectivity index (χ2n) is 4.02. The lowest BCUT2D eigenvalue weighted by atomic mass is 10.1. The number of fused-ring (bicyclic) bond motifs is 1. The van der Waals surface area contributed by atoms with Crippen LogP contribution in [0.1, 0.15) is 12.5 Å². The summed E-state index contributed by atoms with van der Waals surface area (Å²) < 4.78 is 1.28. The molecule has 1 aromatic heterocycles. The van der Waals surface area contributed by atoms with Crippen LogP contribution in [0.2, 0.25) is 0 Å². The minimum atomic E-state index is -0.842. The van der Waals surface area contributed by atoms with E-state index in [4.69, 9.17) is 0 Å². The number of aryl methyl sites for hydroxylation is 2. The van der Waals surface area contributed by atoms with Crippen molar-refractivity contribution in [3.05, 3.63) is 44.2 Å². The normalized spacial score (nSPS) is 10.8. The molecule has 0 amide bonds. The van der Waals surface area contributed by atoms with E-state index in [1.807, 2.05) is 6.92 Å². The first kappa shape index (κ1) is 12.1. The largest absolute Gasteiger partial charge is 0.501 e. The molecule has 0 spiro atoms. The third kappa shape index (κ3) is 1.62. The van der Waals surface area contributed by atoms with Crippen molar-refractivity contribution in [1.29, 1.82) is 0 Å². The molecule has 1 N–H and O–H groups in total. The molecule has 6 nitrogen and oxygen atoms in total. The molecule has 18 heavy (non-hydrogen) atoms. The first-order valence-electron chi connectivity index (χ1n) is 5.48. The molecule has 0 fully saturated rings. The molecular formula is C12H12N2O4. The lowest BCUT2D eigenvalue weighted by Gasteiger charge is -2.10. The summed E-state index contributed by atoms with van der Waals surface area (Å²) >= 11 is 0. The first-order valence-corrected chi connectivity index (χ1v) is 5.48. The highest BCUT2D eigenvalue weighted by molar-refractivity contribution is 5.89. The number of hydrogen-bond donors (Lipinski definition) is 1. The zero-order valence-corrected chi connectivity index (χ0v) is 10.0. The minimum Gasteiger partial charge on any atom is -0.501 e. The van der Waals surface area contributed by atoms with Crippen LogP contribution in [-0.2, 0) is 6.54 Å². The van der Waals surface area contributed by atoms with Crippen LogP contribution in [0, 0.1) is 17.0 Å². The van der Waals surface area contributed by atoms with E-state index in [1.54, 1.807) is 25.1 Å². The highest BCUT2D eigenvalue weighted by Crippen LogP contribution is 2.31. The van der Waals surface area contributed by atoms with E-state index in [0.29, 0.717) is 17.4 Å². The Balaban J connectivity index is 3.06. The Labute approximate surface area is 102 Å². The van der Waals surface area contributed by atoms with Gasteiger partial charge in [0.15, 0.2) is 0 Å². The SMILES string of the molecule is CCn1c(=O)c([N+](=O)[O-])c(O)c2cc(C)ccc21. The molecule has 94 valence electrons. The predicted molar refractivity (Wildman–Crippen MR) is 66.9 cm³/mol. The van der Waals surface area contributed by atoms with Gasteiger partial charge in [0.25, 0.3) is 0 Å². The monoisotopic (exact) mass is 248 g/mol. The summed E-state index contributed by atoms with van der Waals surface area (Å²) in [7, 11) is 0. The molecule has 0 atom stereocenters. The zero-order valence-electron chi connectivity index (χ0n) is 10.0. The topological polar surface area (TPSA) is 85.4 Å². The van der Waals surface area contributed by atoms with Gasteiger partial charge < -0.3 is 9.67 Å². The van der Waals surface area contributed by atoms with E-state index in [0.717, 1.165) is 5.56 Å². The Morgan fingerprint density at radius 2 is 2.11 bits per heavy atom. The fraction of sp³-hybridized carbons (Fsp3) is 0.250. The fourth-order valence-electron chi connectivity index (χ4n) is 2.02. The van der Waals surface area contributed by atoms with Gasteiger partial charge in [-0.25, -0.2) is 0 Å². The van der Waals surface area contributed by atoms with Gasteiger partial charge >= 0.3 is 11.2 Å². The van der Waals surface area contributed by atoms with Crippen molar-refractivity contribution in [3.8, 4) is 5.75 Å². The number of aromatic hydroxyl groups is 1. The van der Waals surface area contributed by atoms with Crippen LogP contribution in [0.5, 0.6) is 5.75 Å². The van der Waals surface area contributed by atoms with Gasteiger partial charge in [-0.05, 0) is 26.0 Å². The summed E-state index contributed by atoms with van der Waals surface area (Å²) in [6.07, 6.45) is 0. The maximum atomic E-state index is 11.9. The van der Waals surface area contributed by atoms with Crippen molar-refractivity contribution in [2.75, 3.05) is 0 Å². The summed E-state index contributed by atoms with van der Waals surface area (Å²) in [5.74, 6) is -0.562. The second kappa shape index (κ2) is 4.14. The van der Waals surface area contributed by atoms with E-state index in [9.17, 15) is 20.0 Å². The number of hydrogen-bond acceptors (Lipinski definition) is 4. The molecule has 0 aliphatic heterocycles. The summed E-state index contributed by atoms with van der Waals surface area (Å²) in [5, 5.41) is 21.1. The molecule has 0 aliphatic rings. The van der Waals surface area contributed by atoms with Crippen LogP contribution in [0.4, 0.5) is 5.69 Å². The van der Waals surface area contributed by atoms with Gasteiger partial charge in [-0.2, -0.15) is 0 Å². The van der Waals surface area contributed by atoms with Crippen molar-refractivity contribution in [2.45, 2.75) is 20.4 Å². The molecule has 1 aromatic carbocycles. The van der Waals surface area contributed by atoms with Crippen LogP contribution in [0.25, 0.3) is 10.9 Å². The Morgan fingerprint density at radius 3 is 2.67 bits per heavy atom. The summed E-state index contributed by atoms with van der Waals surface area (Å²) in [4.78, 5) is 22.0. The van der Waals surface area contributed by atoms with Gasteiger partial charge in [0.2, 0.25) is 5.75 Å². The van der Waals surface area contributed by atoms with Crippen molar-refractivity contribution >= 4 is 16.6 Å². The van der Waals surface area contributed by atoms with Crippen LogP contribution in [-0.4, -0.2) is 14.6 Å². The average Bonchev–Trinajstić information content (AvgIpc) is 2.30. The maximum Gasteiger partial charge on any atom is 0.375 e.